The molecule has 0 saturated carbocycles. The Morgan fingerprint density at radius 3 is 2.95 bits per heavy atom. The van der Waals surface area contributed by atoms with Crippen molar-refractivity contribution in [1.82, 2.24) is 20.8 Å². The van der Waals surface area contributed by atoms with E-state index in [0.717, 1.165) is 32.5 Å². The highest BCUT2D eigenvalue weighted by atomic mass is 16.1. The molecule has 6 heteroatoms. The van der Waals surface area contributed by atoms with E-state index < -0.39 is 0 Å². The van der Waals surface area contributed by atoms with Crippen LogP contribution in [0.25, 0.3) is 0 Å². The quantitative estimate of drug-likeness (QED) is 0.674. The molecule has 1 aromatic rings. The second-order valence-electron chi connectivity index (χ2n) is 4.66. The zero-order valence-corrected chi connectivity index (χ0v) is 11.8. The Kier molecular flexibility index (Phi) is 5.49. The Hall–Kier alpha value is -1.95. The average Bonchev–Trinajstić information content (AvgIpc) is 2.49. The molecular formula is C14H21N5O. The van der Waals surface area contributed by atoms with E-state index >= 15 is 0 Å². The van der Waals surface area contributed by atoms with Gasteiger partial charge in [0.15, 0.2) is 5.69 Å². The van der Waals surface area contributed by atoms with Crippen molar-refractivity contribution in [3.63, 3.8) is 0 Å². The van der Waals surface area contributed by atoms with Gasteiger partial charge in [0, 0.05) is 19.6 Å². The van der Waals surface area contributed by atoms with Gasteiger partial charge in [-0.25, -0.2) is 0 Å². The number of anilines is 1. The molecule has 0 bridgehead atoms. The van der Waals surface area contributed by atoms with Gasteiger partial charge in [0.2, 0.25) is 0 Å². The van der Waals surface area contributed by atoms with Gasteiger partial charge in [-0.05, 0) is 38.4 Å². The lowest BCUT2D eigenvalue weighted by Gasteiger charge is -2.14. The van der Waals surface area contributed by atoms with Gasteiger partial charge >= 0.3 is 0 Å². The summed E-state index contributed by atoms with van der Waals surface area (Å²) >= 11 is 0. The zero-order valence-electron chi connectivity index (χ0n) is 11.8. The van der Waals surface area contributed by atoms with Gasteiger partial charge in [0.1, 0.15) is 5.82 Å². The first-order valence-corrected chi connectivity index (χ1v) is 7.04. The van der Waals surface area contributed by atoms with Gasteiger partial charge in [-0.15, -0.1) is 10.2 Å². The summed E-state index contributed by atoms with van der Waals surface area (Å²) in [5, 5.41) is 17.1. The van der Waals surface area contributed by atoms with E-state index in [2.05, 4.69) is 32.2 Å². The van der Waals surface area contributed by atoms with Crippen LogP contribution in [0.2, 0.25) is 0 Å². The minimum atomic E-state index is -0.189. The summed E-state index contributed by atoms with van der Waals surface area (Å²) in [7, 11) is 0. The van der Waals surface area contributed by atoms with Crippen molar-refractivity contribution in [2.24, 2.45) is 0 Å². The fraction of sp³-hybridized carbons (Fsp3) is 0.500. The van der Waals surface area contributed by atoms with Crippen molar-refractivity contribution in [2.75, 3.05) is 31.5 Å². The molecule has 1 amide bonds. The number of rotatable bonds is 6. The number of aromatic nitrogens is 2. The van der Waals surface area contributed by atoms with Crippen LogP contribution in [0.1, 0.15) is 30.3 Å². The van der Waals surface area contributed by atoms with Crippen LogP contribution in [0.15, 0.2) is 23.8 Å². The molecule has 0 aromatic carbocycles. The third kappa shape index (κ3) is 4.31. The zero-order chi connectivity index (χ0) is 14.2. The van der Waals surface area contributed by atoms with Gasteiger partial charge in [-0.3, -0.25) is 4.79 Å². The van der Waals surface area contributed by atoms with Crippen LogP contribution in [-0.4, -0.2) is 42.3 Å². The maximum absolute atomic E-state index is 11.5. The van der Waals surface area contributed by atoms with Gasteiger partial charge in [0.05, 0.1) is 0 Å². The van der Waals surface area contributed by atoms with Crippen LogP contribution in [0.4, 0.5) is 5.82 Å². The lowest BCUT2D eigenvalue weighted by atomic mass is 10.1. The third-order valence-electron chi connectivity index (χ3n) is 3.14. The Labute approximate surface area is 119 Å². The predicted molar refractivity (Wildman–Crippen MR) is 78.7 cm³/mol. The Bertz CT molecular complexity index is 469. The molecule has 20 heavy (non-hydrogen) atoms. The predicted octanol–water partition coefficient (Wildman–Crippen LogP) is 0.948. The smallest absolute Gasteiger partial charge is 0.271 e. The molecule has 0 radical (unpaired) electrons. The van der Waals surface area contributed by atoms with E-state index in [1.807, 2.05) is 6.92 Å². The van der Waals surface area contributed by atoms with Crippen LogP contribution in [0.3, 0.4) is 0 Å². The number of hydrogen-bond acceptors (Lipinski definition) is 5. The van der Waals surface area contributed by atoms with Crippen LogP contribution >= 0.6 is 0 Å². The maximum atomic E-state index is 11.5. The van der Waals surface area contributed by atoms with Gasteiger partial charge in [0.25, 0.3) is 5.91 Å². The van der Waals surface area contributed by atoms with Gasteiger partial charge < -0.3 is 16.0 Å². The lowest BCUT2D eigenvalue weighted by Crippen LogP contribution is -2.24. The highest BCUT2D eigenvalue weighted by Crippen LogP contribution is 2.10. The average molecular weight is 275 g/mol. The van der Waals surface area contributed by atoms with Crippen LogP contribution in [0.5, 0.6) is 0 Å². The molecule has 1 aromatic heterocycles. The SMILES string of the molecule is CCNC(=O)c1ccc(NCCC2=CCNCC2)nn1. The number of carbonyl (C=O) groups excluding carboxylic acids is 1. The molecule has 0 atom stereocenters. The van der Waals surface area contributed by atoms with E-state index in [1.54, 1.807) is 12.1 Å². The standard InChI is InChI=1S/C14H21N5O/c1-2-16-14(20)12-3-4-13(19-18-12)17-10-7-11-5-8-15-9-6-11/h3-5,15H,2,6-10H2,1H3,(H,16,20)(H,17,19). The van der Waals surface area contributed by atoms with Crippen molar-refractivity contribution in [3.05, 3.63) is 29.5 Å². The first-order chi connectivity index (χ1) is 9.79. The number of nitrogens with zero attached hydrogens (tertiary/aromatic N) is 2. The molecule has 108 valence electrons. The molecule has 6 nitrogen and oxygen atoms in total. The summed E-state index contributed by atoms with van der Waals surface area (Å²) in [5.41, 5.74) is 1.82. The van der Waals surface area contributed by atoms with Crippen molar-refractivity contribution in [1.29, 1.82) is 0 Å². The van der Waals surface area contributed by atoms with E-state index in [1.165, 1.54) is 5.57 Å². The molecule has 0 aliphatic carbocycles. The summed E-state index contributed by atoms with van der Waals surface area (Å²) < 4.78 is 0. The maximum Gasteiger partial charge on any atom is 0.271 e. The minimum Gasteiger partial charge on any atom is -0.368 e. The van der Waals surface area contributed by atoms with Crippen LogP contribution < -0.4 is 16.0 Å². The Balaban J connectivity index is 1.78. The second-order valence-corrected chi connectivity index (χ2v) is 4.66. The van der Waals surface area contributed by atoms with Crippen molar-refractivity contribution < 1.29 is 4.79 Å². The summed E-state index contributed by atoms with van der Waals surface area (Å²) in [6.45, 7) is 5.32. The summed E-state index contributed by atoms with van der Waals surface area (Å²) in [5.74, 6) is 0.513. The summed E-state index contributed by atoms with van der Waals surface area (Å²) in [6.07, 6.45) is 4.37. The summed E-state index contributed by atoms with van der Waals surface area (Å²) in [4.78, 5) is 11.5. The molecule has 1 aliphatic rings. The van der Waals surface area contributed by atoms with E-state index in [0.29, 0.717) is 18.1 Å². The minimum absolute atomic E-state index is 0.189. The second kappa shape index (κ2) is 7.59. The van der Waals surface area contributed by atoms with Gasteiger partial charge in [-0.2, -0.15) is 0 Å². The fourth-order valence-electron chi connectivity index (χ4n) is 2.05. The highest BCUT2D eigenvalue weighted by Gasteiger charge is 2.07. The first-order valence-electron chi connectivity index (χ1n) is 7.04. The summed E-state index contributed by atoms with van der Waals surface area (Å²) in [6, 6.07) is 3.47. The highest BCUT2D eigenvalue weighted by molar-refractivity contribution is 5.92. The fourth-order valence-corrected chi connectivity index (χ4v) is 2.05. The molecule has 0 saturated heterocycles. The molecule has 1 aliphatic heterocycles. The van der Waals surface area contributed by atoms with E-state index in [9.17, 15) is 4.79 Å². The van der Waals surface area contributed by atoms with Crippen molar-refractivity contribution in [2.45, 2.75) is 19.8 Å². The van der Waals surface area contributed by atoms with E-state index in [-0.39, 0.29) is 5.91 Å². The van der Waals surface area contributed by atoms with Crippen LogP contribution in [-0.2, 0) is 0 Å². The van der Waals surface area contributed by atoms with Gasteiger partial charge in [-0.1, -0.05) is 11.6 Å². The number of amides is 1. The number of carbonyl (C=O) groups is 1. The normalized spacial score (nSPS) is 14.6. The third-order valence-corrected chi connectivity index (χ3v) is 3.14. The molecule has 0 spiro atoms. The number of hydrogen-bond donors (Lipinski definition) is 3. The van der Waals surface area contributed by atoms with Crippen molar-refractivity contribution >= 4 is 11.7 Å². The monoisotopic (exact) mass is 275 g/mol. The Morgan fingerprint density at radius 2 is 2.30 bits per heavy atom. The largest absolute Gasteiger partial charge is 0.368 e. The molecular weight excluding hydrogens is 254 g/mol. The molecule has 0 fully saturated rings. The molecule has 2 heterocycles. The van der Waals surface area contributed by atoms with E-state index in [4.69, 9.17) is 0 Å². The molecule has 0 unspecified atom stereocenters. The first kappa shape index (κ1) is 14.5. The number of nitrogens with one attached hydrogen (secondary N) is 3. The molecule has 2 rings (SSSR count). The Morgan fingerprint density at radius 1 is 1.40 bits per heavy atom. The topological polar surface area (TPSA) is 78.9 Å². The van der Waals surface area contributed by atoms with Crippen molar-refractivity contribution in [3.8, 4) is 0 Å². The van der Waals surface area contributed by atoms with Crippen LogP contribution in [0, 0.1) is 0 Å². The molecule has 3 N–H and O–H groups in total. The lowest BCUT2D eigenvalue weighted by molar-refractivity contribution is 0.0950.